The average Bonchev–Trinajstić information content (AvgIpc) is 2.97. The van der Waals surface area contributed by atoms with Crippen molar-refractivity contribution in [3.05, 3.63) is 54.2 Å². The van der Waals surface area contributed by atoms with Crippen LogP contribution in [0.2, 0.25) is 5.82 Å². The molecule has 0 saturated carbocycles. The molecule has 1 saturated heterocycles. The molecule has 0 aliphatic carbocycles. The van der Waals surface area contributed by atoms with Crippen LogP contribution < -0.4 is 5.32 Å². The molecule has 1 aromatic carbocycles. The third kappa shape index (κ3) is 8.47. The molecule has 214 valence electrons. The second kappa shape index (κ2) is 14.2. The van der Waals surface area contributed by atoms with Crippen LogP contribution in [0.25, 0.3) is 11.3 Å². The molecule has 0 radical (unpaired) electrons. The number of ketones is 1. The van der Waals surface area contributed by atoms with E-state index in [1.165, 1.54) is 13.0 Å². The van der Waals surface area contributed by atoms with Crippen molar-refractivity contribution in [2.24, 2.45) is 5.92 Å². The Morgan fingerprint density at radius 1 is 1.10 bits per heavy atom. The van der Waals surface area contributed by atoms with Crippen molar-refractivity contribution in [2.75, 3.05) is 13.6 Å². The van der Waals surface area contributed by atoms with Gasteiger partial charge < -0.3 is 19.7 Å². The molecule has 1 amide bonds. The van der Waals surface area contributed by atoms with Crippen LogP contribution in [0.3, 0.4) is 0 Å². The number of nitrogens with one attached hydrogen (secondary N) is 1. The molecule has 1 fully saturated rings. The van der Waals surface area contributed by atoms with Crippen LogP contribution in [-0.2, 0) is 23.7 Å². The van der Waals surface area contributed by atoms with Crippen molar-refractivity contribution < 1.29 is 33.6 Å². The van der Waals surface area contributed by atoms with E-state index in [1.807, 2.05) is 44.2 Å². The molecule has 0 spiro atoms. The highest BCUT2D eigenvalue weighted by Crippen LogP contribution is 2.29. The number of amides is 1. The summed E-state index contributed by atoms with van der Waals surface area (Å²) in [7, 11) is 0.449. The standard InChI is InChI=1S/C29H38BN3O7/c1-18(2)16-22(30-39-26(36)14-15-33(5)19(3)29(38)40-30)17-25(35)27(20(4)34)32-28(37)24-13-9-12-23(31-24)21-10-7-6-8-11-21/h6-13,18-20,22,27,34H,14-17H2,1-5H3,(H,32,37)/t19-,20-,22-,27+/m1/s1. The number of Topliss-reactive ketones (excluding diaryl/α,β-unsaturated/α-hetero) is 1. The Hall–Kier alpha value is -3.57. The van der Waals surface area contributed by atoms with Gasteiger partial charge in [-0.25, -0.2) is 4.98 Å². The molecule has 1 aliphatic heterocycles. The minimum absolute atomic E-state index is 0.0672. The summed E-state index contributed by atoms with van der Waals surface area (Å²) in [6.45, 7) is 7.28. The van der Waals surface area contributed by atoms with E-state index in [2.05, 4.69) is 10.3 Å². The van der Waals surface area contributed by atoms with Gasteiger partial charge in [0, 0.05) is 24.3 Å². The number of aliphatic hydroxyl groups excluding tert-OH is 1. The number of nitrogens with zero attached hydrogens (tertiary/aromatic N) is 2. The molecular weight excluding hydrogens is 513 g/mol. The molecule has 0 unspecified atom stereocenters. The lowest BCUT2D eigenvalue weighted by molar-refractivity contribution is -0.142. The monoisotopic (exact) mass is 551 g/mol. The van der Waals surface area contributed by atoms with Gasteiger partial charge in [-0.05, 0) is 45.4 Å². The van der Waals surface area contributed by atoms with Gasteiger partial charge in [-0.2, -0.15) is 0 Å². The smallest absolute Gasteiger partial charge is 0.499 e. The molecule has 2 heterocycles. The zero-order chi connectivity index (χ0) is 29.4. The van der Waals surface area contributed by atoms with Crippen LogP contribution in [0.4, 0.5) is 0 Å². The lowest BCUT2D eigenvalue weighted by Gasteiger charge is -2.27. The molecule has 1 aromatic heterocycles. The maximum Gasteiger partial charge on any atom is 0.602 e. The minimum Gasteiger partial charge on any atom is -0.499 e. The van der Waals surface area contributed by atoms with Gasteiger partial charge in [0.05, 0.1) is 18.2 Å². The van der Waals surface area contributed by atoms with E-state index in [1.54, 1.807) is 31.0 Å². The summed E-state index contributed by atoms with van der Waals surface area (Å²) in [4.78, 5) is 58.0. The van der Waals surface area contributed by atoms with Crippen molar-refractivity contribution >= 4 is 30.7 Å². The first kappa shape index (κ1) is 31.0. The van der Waals surface area contributed by atoms with Crippen LogP contribution in [-0.4, -0.2) is 77.5 Å². The fourth-order valence-corrected chi connectivity index (χ4v) is 4.56. The molecule has 4 atom stereocenters. The summed E-state index contributed by atoms with van der Waals surface area (Å²) in [5.74, 6) is -2.79. The van der Waals surface area contributed by atoms with E-state index in [0.717, 1.165) is 5.56 Å². The van der Waals surface area contributed by atoms with Crippen molar-refractivity contribution in [2.45, 2.75) is 71.0 Å². The van der Waals surface area contributed by atoms with E-state index < -0.39 is 54.8 Å². The van der Waals surface area contributed by atoms with Crippen LogP contribution in [0.5, 0.6) is 0 Å². The largest absolute Gasteiger partial charge is 0.602 e. The van der Waals surface area contributed by atoms with E-state index >= 15 is 0 Å². The van der Waals surface area contributed by atoms with E-state index in [9.17, 15) is 24.3 Å². The quantitative estimate of drug-likeness (QED) is 0.428. The highest BCUT2D eigenvalue weighted by molar-refractivity contribution is 6.51. The second-order valence-corrected chi connectivity index (χ2v) is 10.7. The van der Waals surface area contributed by atoms with Crippen molar-refractivity contribution in [1.82, 2.24) is 15.2 Å². The van der Waals surface area contributed by atoms with Gasteiger partial charge in [0.1, 0.15) is 17.8 Å². The molecule has 0 bridgehead atoms. The maximum atomic E-state index is 13.5. The third-order valence-corrected chi connectivity index (χ3v) is 6.94. The Morgan fingerprint density at radius 2 is 1.80 bits per heavy atom. The minimum atomic E-state index is -1.27. The molecule has 2 N–H and O–H groups in total. The van der Waals surface area contributed by atoms with Gasteiger partial charge in [0.25, 0.3) is 11.9 Å². The molecule has 40 heavy (non-hydrogen) atoms. The predicted molar refractivity (Wildman–Crippen MR) is 150 cm³/mol. The maximum absolute atomic E-state index is 13.5. The van der Waals surface area contributed by atoms with E-state index in [0.29, 0.717) is 18.7 Å². The lowest BCUT2D eigenvalue weighted by Crippen LogP contribution is -2.49. The molecule has 2 aromatic rings. The summed E-state index contributed by atoms with van der Waals surface area (Å²) in [6.07, 6.45) is -0.936. The number of rotatable bonds is 10. The summed E-state index contributed by atoms with van der Waals surface area (Å²) >= 11 is 0. The first-order valence-corrected chi connectivity index (χ1v) is 13.6. The van der Waals surface area contributed by atoms with Gasteiger partial charge in [-0.3, -0.25) is 24.1 Å². The Balaban J connectivity index is 1.79. The first-order chi connectivity index (χ1) is 19.0. The Morgan fingerprint density at radius 3 is 2.45 bits per heavy atom. The van der Waals surface area contributed by atoms with Gasteiger partial charge in [-0.1, -0.05) is 50.2 Å². The van der Waals surface area contributed by atoms with Crippen molar-refractivity contribution in [3.8, 4) is 11.3 Å². The summed E-state index contributed by atoms with van der Waals surface area (Å²) in [5, 5.41) is 13.1. The number of likely N-dealkylation sites (N-methyl/N-ethyl adjacent to an activating group) is 1. The topological polar surface area (TPSA) is 135 Å². The number of carbonyl (C=O) groups is 4. The van der Waals surface area contributed by atoms with Gasteiger partial charge in [0.15, 0.2) is 5.78 Å². The number of hydrogen-bond acceptors (Lipinski definition) is 9. The predicted octanol–water partition coefficient (Wildman–Crippen LogP) is 2.90. The molecule has 1 aliphatic rings. The van der Waals surface area contributed by atoms with Gasteiger partial charge in [0.2, 0.25) is 0 Å². The van der Waals surface area contributed by atoms with E-state index in [-0.39, 0.29) is 24.5 Å². The lowest BCUT2D eigenvalue weighted by atomic mass is 9.64. The normalized spacial score (nSPS) is 19.0. The number of hydrogen-bond donors (Lipinski definition) is 2. The van der Waals surface area contributed by atoms with Gasteiger partial charge in [-0.15, -0.1) is 0 Å². The van der Waals surface area contributed by atoms with E-state index in [4.69, 9.17) is 9.31 Å². The summed E-state index contributed by atoms with van der Waals surface area (Å²) < 4.78 is 11.1. The molecule has 10 nitrogen and oxygen atoms in total. The molecule has 3 rings (SSSR count). The first-order valence-electron chi connectivity index (χ1n) is 13.6. The SMILES string of the molecule is CC(C)C[C@H](CC(=O)[C@@H](NC(=O)c1cccc(-c2ccccc2)n1)[C@@H](C)O)B1OC(=O)CCN(C)[C@H](C)C(=O)O1. The number of aliphatic hydroxyl groups is 1. The zero-order valence-electron chi connectivity index (χ0n) is 23.7. The van der Waals surface area contributed by atoms with Crippen molar-refractivity contribution in [1.29, 1.82) is 0 Å². The van der Waals surface area contributed by atoms with Crippen LogP contribution in [0.1, 0.15) is 57.4 Å². The molecular formula is C29H38BN3O7. The Bertz CT molecular complexity index is 1190. The van der Waals surface area contributed by atoms with Crippen LogP contribution in [0, 0.1) is 5.92 Å². The third-order valence-electron chi connectivity index (χ3n) is 6.94. The number of benzene rings is 1. The summed E-state index contributed by atoms with van der Waals surface area (Å²) in [6, 6.07) is 12.5. The molecule has 11 heteroatoms. The second-order valence-electron chi connectivity index (χ2n) is 10.7. The van der Waals surface area contributed by atoms with Gasteiger partial charge >= 0.3 is 13.1 Å². The zero-order valence-corrected chi connectivity index (χ0v) is 23.7. The fraction of sp³-hybridized carbons (Fsp3) is 0.483. The van der Waals surface area contributed by atoms with Crippen molar-refractivity contribution in [3.63, 3.8) is 0 Å². The number of pyridine rings is 1. The highest BCUT2D eigenvalue weighted by Gasteiger charge is 2.43. The fourth-order valence-electron chi connectivity index (χ4n) is 4.56. The number of aromatic nitrogens is 1. The highest BCUT2D eigenvalue weighted by atomic mass is 16.6. The number of carbonyl (C=O) groups excluding carboxylic acids is 4. The average molecular weight is 551 g/mol. The Kier molecular flexibility index (Phi) is 11.0. The van der Waals surface area contributed by atoms with Crippen LogP contribution >= 0.6 is 0 Å². The van der Waals surface area contributed by atoms with Crippen LogP contribution in [0.15, 0.2) is 48.5 Å². The Labute approximate surface area is 235 Å². The summed E-state index contributed by atoms with van der Waals surface area (Å²) in [5.41, 5.74) is 1.51.